The number of hydrogen-bond donors (Lipinski definition) is 2. The van der Waals surface area contributed by atoms with Crippen LogP contribution in [0.1, 0.15) is 28.8 Å². The van der Waals surface area contributed by atoms with Gasteiger partial charge in [0, 0.05) is 30.3 Å². The monoisotopic (exact) mass is 325 g/mol. The molecule has 1 saturated heterocycles. The van der Waals surface area contributed by atoms with Crippen LogP contribution < -0.4 is 5.32 Å². The van der Waals surface area contributed by atoms with Crippen molar-refractivity contribution in [3.63, 3.8) is 0 Å². The summed E-state index contributed by atoms with van der Waals surface area (Å²) in [7, 11) is 0. The zero-order valence-corrected chi connectivity index (χ0v) is 13.2. The van der Waals surface area contributed by atoms with E-state index in [0.717, 1.165) is 5.56 Å². The van der Waals surface area contributed by atoms with Gasteiger partial charge in [0.2, 0.25) is 0 Å². The van der Waals surface area contributed by atoms with Crippen molar-refractivity contribution in [2.45, 2.75) is 19.8 Å². The molecule has 6 heteroatoms. The van der Waals surface area contributed by atoms with E-state index in [1.807, 2.05) is 6.92 Å². The van der Waals surface area contributed by atoms with Gasteiger partial charge in [0.25, 0.3) is 5.91 Å². The maximum absolute atomic E-state index is 12.2. The Hall–Kier alpha value is -1.59. The van der Waals surface area contributed by atoms with Gasteiger partial charge in [-0.15, -0.1) is 0 Å². The summed E-state index contributed by atoms with van der Waals surface area (Å²) in [5.74, 6) is -1.74. The summed E-state index contributed by atoms with van der Waals surface area (Å²) in [6, 6.07) is 5.07. The van der Waals surface area contributed by atoms with Crippen LogP contribution in [0.15, 0.2) is 18.2 Å². The molecule has 5 nitrogen and oxygen atoms in total. The average Bonchev–Trinajstić information content (AvgIpc) is 2.47. The highest BCUT2D eigenvalue weighted by atomic mass is 35.5. The third-order valence-corrected chi connectivity index (χ3v) is 4.16. The average molecular weight is 326 g/mol. The van der Waals surface area contributed by atoms with Gasteiger partial charge in [0.1, 0.15) is 0 Å². The molecule has 22 heavy (non-hydrogen) atoms. The molecule has 1 aromatic carbocycles. The molecule has 2 rings (SSSR count). The molecule has 0 aliphatic carbocycles. The maximum Gasteiger partial charge on any atom is 0.308 e. The number of carboxylic acid groups (broad SMARTS) is 1. The van der Waals surface area contributed by atoms with Crippen LogP contribution in [-0.2, 0) is 9.53 Å². The van der Waals surface area contributed by atoms with Crippen LogP contribution in [0.4, 0.5) is 0 Å². The first-order valence-electron chi connectivity index (χ1n) is 7.33. The molecule has 1 atom stereocenters. The van der Waals surface area contributed by atoms with Gasteiger partial charge in [-0.05, 0) is 49.4 Å². The minimum atomic E-state index is -0.880. The molecule has 2 N–H and O–H groups in total. The summed E-state index contributed by atoms with van der Waals surface area (Å²) in [6.45, 7) is 3.13. The van der Waals surface area contributed by atoms with E-state index in [2.05, 4.69) is 5.32 Å². The second-order valence-electron chi connectivity index (χ2n) is 5.62. The molecular weight excluding hydrogens is 306 g/mol. The largest absolute Gasteiger partial charge is 0.481 e. The van der Waals surface area contributed by atoms with E-state index < -0.39 is 11.9 Å². The number of hydrogen-bond acceptors (Lipinski definition) is 3. The molecule has 0 radical (unpaired) electrons. The van der Waals surface area contributed by atoms with Crippen LogP contribution in [0.25, 0.3) is 0 Å². The first kappa shape index (κ1) is 16.8. The minimum Gasteiger partial charge on any atom is -0.481 e. The number of ether oxygens (including phenoxy) is 1. The number of carbonyl (C=O) groups excluding carboxylic acids is 1. The Morgan fingerprint density at radius 1 is 1.36 bits per heavy atom. The number of amides is 1. The summed E-state index contributed by atoms with van der Waals surface area (Å²) < 4.78 is 5.26. The number of carboxylic acids is 1. The molecule has 0 saturated carbocycles. The molecule has 1 aliphatic heterocycles. The summed E-state index contributed by atoms with van der Waals surface area (Å²) in [5, 5.41) is 12.6. The third-order valence-electron chi connectivity index (χ3n) is 3.94. The lowest BCUT2D eigenvalue weighted by Crippen LogP contribution is -2.39. The second kappa shape index (κ2) is 7.61. The number of benzene rings is 1. The van der Waals surface area contributed by atoms with Crippen molar-refractivity contribution in [1.29, 1.82) is 0 Å². The quantitative estimate of drug-likeness (QED) is 0.872. The van der Waals surface area contributed by atoms with Crippen LogP contribution in [0.2, 0.25) is 5.02 Å². The molecular formula is C16H20ClNO4. The molecule has 1 heterocycles. The lowest BCUT2D eigenvalue weighted by molar-refractivity contribution is -0.144. The van der Waals surface area contributed by atoms with Crippen LogP contribution in [-0.4, -0.2) is 36.7 Å². The molecule has 0 bridgehead atoms. The van der Waals surface area contributed by atoms with E-state index in [9.17, 15) is 14.7 Å². The molecule has 0 aromatic heterocycles. The van der Waals surface area contributed by atoms with Gasteiger partial charge < -0.3 is 15.2 Å². The molecule has 1 amide bonds. The number of rotatable bonds is 5. The van der Waals surface area contributed by atoms with E-state index in [1.165, 1.54) is 0 Å². The fourth-order valence-corrected chi connectivity index (χ4v) is 3.04. The number of nitrogens with one attached hydrogen (secondary N) is 1. The summed E-state index contributed by atoms with van der Waals surface area (Å²) in [5.41, 5.74) is 1.33. The topological polar surface area (TPSA) is 75.6 Å². The molecule has 1 aliphatic rings. The predicted octanol–water partition coefficient (Wildman–Crippen LogP) is 2.51. The highest BCUT2D eigenvalue weighted by Gasteiger charge is 2.30. The predicted molar refractivity (Wildman–Crippen MR) is 83.2 cm³/mol. The van der Waals surface area contributed by atoms with Gasteiger partial charge in [-0.1, -0.05) is 11.6 Å². The van der Waals surface area contributed by atoms with Gasteiger partial charge in [0.15, 0.2) is 0 Å². The normalized spacial score (nSPS) is 17.0. The zero-order chi connectivity index (χ0) is 16.1. The first-order chi connectivity index (χ1) is 10.5. The van der Waals surface area contributed by atoms with Gasteiger partial charge in [0.05, 0.1) is 5.92 Å². The Morgan fingerprint density at radius 2 is 2.05 bits per heavy atom. The minimum absolute atomic E-state index is 0.0349. The van der Waals surface area contributed by atoms with E-state index in [1.54, 1.807) is 18.2 Å². The van der Waals surface area contributed by atoms with E-state index >= 15 is 0 Å². The molecule has 120 valence electrons. The summed E-state index contributed by atoms with van der Waals surface area (Å²) >= 11 is 5.94. The van der Waals surface area contributed by atoms with Gasteiger partial charge in [-0.3, -0.25) is 9.59 Å². The summed E-state index contributed by atoms with van der Waals surface area (Å²) in [6.07, 6.45) is 1.42. The van der Waals surface area contributed by atoms with Crippen molar-refractivity contribution < 1.29 is 19.4 Å². The Kier molecular flexibility index (Phi) is 5.80. The number of aryl methyl sites for hydroxylation is 1. The Labute approximate surface area is 134 Å². The zero-order valence-electron chi connectivity index (χ0n) is 12.5. The maximum atomic E-state index is 12.2. The number of aliphatic carboxylic acids is 1. The van der Waals surface area contributed by atoms with Crippen LogP contribution in [0.3, 0.4) is 0 Å². The fourth-order valence-electron chi connectivity index (χ4n) is 2.75. The SMILES string of the molecule is Cc1cc(Cl)cc(C(=O)NCC(C(=O)O)C2CCOCC2)c1. The highest BCUT2D eigenvalue weighted by Crippen LogP contribution is 2.24. The molecule has 0 spiro atoms. The standard InChI is InChI=1S/C16H20ClNO4/c1-10-6-12(8-13(17)7-10)15(19)18-9-14(16(20)21)11-2-4-22-5-3-11/h6-8,11,14H,2-5,9H2,1H3,(H,18,19)(H,20,21). The van der Waals surface area contributed by atoms with Crippen molar-refractivity contribution in [3.05, 3.63) is 34.3 Å². The van der Waals surface area contributed by atoms with E-state index in [4.69, 9.17) is 16.3 Å². The Balaban J connectivity index is 1.99. The number of halogens is 1. The third kappa shape index (κ3) is 4.45. The summed E-state index contributed by atoms with van der Waals surface area (Å²) in [4.78, 5) is 23.6. The van der Waals surface area contributed by atoms with E-state index in [-0.39, 0.29) is 18.4 Å². The Morgan fingerprint density at radius 3 is 2.64 bits per heavy atom. The molecule has 1 aromatic rings. The van der Waals surface area contributed by atoms with Gasteiger partial charge in [-0.25, -0.2) is 0 Å². The van der Waals surface area contributed by atoms with Crippen molar-refractivity contribution in [1.82, 2.24) is 5.32 Å². The molecule has 1 fully saturated rings. The van der Waals surface area contributed by atoms with Crippen LogP contribution in [0, 0.1) is 18.8 Å². The van der Waals surface area contributed by atoms with Crippen molar-refractivity contribution >= 4 is 23.5 Å². The van der Waals surface area contributed by atoms with Crippen molar-refractivity contribution in [2.75, 3.05) is 19.8 Å². The van der Waals surface area contributed by atoms with Crippen molar-refractivity contribution in [2.24, 2.45) is 11.8 Å². The highest BCUT2D eigenvalue weighted by molar-refractivity contribution is 6.31. The van der Waals surface area contributed by atoms with Crippen LogP contribution in [0.5, 0.6) is 0 Å². The lowest BCUT2D eigenvalue weighted by atomic mass is 9.86. The lowest BCUT2D eigenvalue weighted by Gasteiger charge is -2.27. The van der Waals surface area contributed by atoms with Crippen molar-refractivity contribution in [3.8, 4) is 0 Å². The van der Waals surface area contributed by atoms with Gasteiger partial charge in [-0.2, -0.15) is 0 Å². The Bertz CT molecular complexity index is 535. The number of carbonyl (C=O) groups is 2. The van der Waals surface area contributed by atoms with Gasteiger partial charge >= 0.3 is 5.97 Å². The smallest absolute Gasteiger partial charge is 0.308 e. The first-order valence-corrected chi connectivity index (χ1v) is 7.71. The van der Waals surface area contributed by atoms with Crippen LogP contribution >= 0.6 is 11.6 Å². The fraction of sp³-hybridized carbons (Fsp3) is 0.500. The van der Waals surface area contributed by atoms with E-state index in [0.29, 0.717) is 36.6 Å². The second-order valence-corrected chi connectivity index (χ2v) is 6.06. The molecule has 1 unspecified atom stereocenters.